The maximum absolute atomic E-state index is 12.5. The molecule has 4 aromatic rings. The van der Waals surface area contributed by atoms with Crippen LogP contribution in [0.5, 0.6) is 5.75 Å². The fourth-order valence-corrected chi connectivity index (χ4v) is 4.93. The molecule has 9 nitrogen and oxygen atoms in total. The number of ether oxygens (including phenoxy) is 1. The maximum Gasteiger partial charge on any atom is 0.320 e. The van der Waals surface area contributed by atoms with Gasteiger partial charge in [-0.1, -0.05) is 41.7 Å². The zero-order valence-electron chi connectivity index (χ0n) is 18.9. The first-order valence-electron chi connectivity index (χ1n) is 10.4. The molecule has 2 aromatic heterocycles. The Bertz CT molecular complexity index is 1400. The van der Waals surface area contributed by atoms with Gasteiger partial charge in [-0.15, -0.1) is 11.3 Å². The SMILES string of the molecule is CNC(=O)Nc1nc(N)c(-c2nc(-c3cccc(NC(=O)C=Cc4ccccc4OC)c3)cs2)s1. The van der Waals surface area contributed by atoms with Crippen molar-refractivity contribution in [3.8, 4) is 26.9 Å². The van der Waals surface area contributed by atoms with Crippen LogP contribution < -0.4 is 26.4 Å². The van der Waals surface area contributed by atoms with E-state index in [9.17, 15) is 9.59 Å². The number of nitrogens with one attached hydrogen (secondary N) is 3. The number of aromatic nitrogens is 2. The third kappa shape index (κ3) is 5.83. The molecule has 0 saturated carbocycles. The van der Waals surface area contributed by atoms with Gasteiger partial charge in [-0.25, -0.2) is 14.8 Å². The van der Waals surface area contributed by atoms with Crippen molar-refractivity contribution in [1.82, 2.24) is 15.3 Å². The zero-order valence-corrected chi connectivity index (χ0v) is 20.5. The quantitative estimate of drug-likeness (QED) is 0.263. The first kappa shape index (κ1) is 23.9. The van der Waals surface area contributed by atoms with Gasteiger partial charge in [-0.3, -0.25) is 10.1 Å². The number of amides is 3. The average Bonchev–Trinajstić information content (AvgIpc) is 3.49. The van der Waals surface area contributed by atoms with Gasteiger partial charge >= 0.3 is 6.03 Å². The number of nitrogens with two attached hydrogens (primary N) is 1. The second-order valence-corrected chi connectivity index (χ2v) is 8.98. The van der Waals surface area contributed by atoms with Gasteiger partial charge in [0.1, 0.15) is 21.5 Å². The van der Waals surface area contributed by atoms with Crippen molar-refractivity contribution in [2.45, 2.75) is 0 Å². The Balaban J connectivity index is 1.48. The average molecular weight is 507 g/mol. The standard InChI is InChI=1S/C24H22N6O3S2/c1-26-23(32)30-24-29-21(25)20(35-24)22-28-17(13-34-22)15-7-5-8-16(12-15)27-19(31)11-10-14-6-3-4-9-18(14)33-2/h3-13H,25H2,1-2H3,(H,27,31)(H2,26,29,30,32). The van der Waals surface area contributed by atoms with Crippen LogP contribution in [-0.4, -0.2) is 36.1 Å². The van der Waals surface area contributed by atoms with Gasteiger partial charge < -0.3 is 21.1 Å². The summed E-state index contributed by atoms with van der Waals surface area (Å²) in [5, 5.41) is 10.9. The van der Waals surface area contributed by atoms with Crippen LogP contribution in [0.3, 0.4) is 0 Å². The van der Waals surface area contributed by atoms with Crippen molar-refractivity contribution in [1.29, 1.82) is 0 Å². The molecule has 3 amide bonds. The topological polar surface area (TPSA) is 131 Å². The van der Waals surface area contributed by atoms with E-state index in [1.54, 1.807) is 13.2 Å². The summed E-state index contributed by atoms with van der Waals surface area (Å²) in [7, 11) is 3.11. The van der Waals surface area contributed by atoms with E-state index in [4.69, 9.17) is 10.5 Å². The first-order valence-corrected chi connectivity index (χ1v) is 12.1. The van der Waals surface area contributed by atoms with E-state index < -0.39 is 0 Å². The Morgan fingerprint density at radius 3 is 2.71 bits per heavy atom. The minimum atomic E-state index is -0.373. The van der Waals surface area contributed by atoms with E-state index in [0.717, 1.165) is 16.8 Å². The Hall–Kier alpha value is -4.22. The van der Waals surface area contributed by atoms with Gasteiger partial charge in [0.25, 0.3) is 0 Å². The largest absolute Gasteiger partial charge is 0.496 e. The number of para-hydroxylation sites is 1. The fraction of sp³-hybridized carbons (Fsp3) is 0.0833. The molecule has 178 valence electrons. The number of nitrogen functional groups attached to an aromatic ring is 1. The number of hydrogen-bond donors (Lipinski definition) is 4. The van der Waals surface area contributed by atoms with Gasteiger partial charge in [-0.2, -0.15) is 0 Å². The van der Waals surface area contributed by atoms with Crippen molar-refractivity contribution in [3.05, 3.63) is 65.6 Å². The number of carbonyl (C=O) groups is 2. The van der Waals surface area contributed by atoms with Crippen molar-refractivity contribution in [2.24, 2.45) is 0 Å². The Labute approximate surface area is 209 Å². The zero-order chi connectivity index (χ0) is 24.8. The molecule has 2 aromatic carbocycles. The van der Waals surface area contributed by atoms with E-state index >= 15 is 0 Å². The van der Waals surface area contributed by atoms with Crippen molar-refractivity contribution in [2.75, 3.05) is 30.5 Å². The van der Waals surface area contributed by atoms with Gasteiger partial charge in [0.05, 0.1) is 12.8 Å². The highest BCUT2D eigenvalue weighted by molar-refractivity contribution is 7.23. The summed E-state index contributed by atoms with van der Waals surface area (Å²) in [6, 6.07) is 14.5. The molecule has 4 rings (SSSR count). The predicted octanol–water partition coefficient (Wildman–Crippen LogP) is 4.93. The summed E-state index contributed by atoms with van der Waals surface area (Å²) in [6.07, 6.45) is 3.17. The molecule has 35 heavy (non-hydrogen) atoms. The molecule has 0 bridgehead atoms. The lowest BCUT2D eigenvalue weighted by Gasteiger charge is -2.05. The van der Waals surface area contributed by atoms with Crippen LogP contribution in [0.15, 0.2) is 60.0 Å². The Morgan fingerprint density at radius 2 is 1.91 bits per heavy atom. The third-order valence-electron chi connectivity index (χ3n) is 4.78. The van der Waals surface area contributed by atoms with Crippen LogP contribution in [0.25, 0.3) is 27.2 Å². The molecule has 0 aliphatic rings. The second-order valence-electron chi connectivity index (χ2n) is 7.12. The highest BCUT2D eigenvalue weighted by Crippen LogP contribution is 2.38. The van der Waals surface area contributed by atoms with Gasteiger partial charge in [0.2, 0.25) is 5.91 Å². The molecule has 0 fully saturated rings. The third-order valence-corrected chi connectivity index (χ3v) is 6.76. The summed E-state index contributed by atoms with van der Waals surface area (Å²) in [5.74, 6) is 0.724. The fourth-order valence-electron chi connectivity index (χ4n) is 3.12. The van der Waals surface area contributed by atoms with Crippen LogP contribution in [0.2, 0.25) is 0 Å². The molecule has 0 radical (unpaired) electrons. The smallest absolute Gasteiger partial charge is 0.320 e. The van der Waals surface area contributed by atoms with Gasteiger partial charge in [-0.05, 0) is 24.3 Å². The molecular weight excluding hydrogens is 484 g/mol. The number of rotatable bonds is 7. The minimum absolute atomic E-state index is 0.263. The molecule has 0 spiro atoms. The van der Waals surface area contributed by atoms with Crippen LogP contribution in [0.1, 0.15) is 5.56 Å². The molecule has 0 aliphatic carbocycles. The Morgan fingerprint density at radius 1 is 1.09 bits per heavy atom. The van der Waals surface area contributed by atoms with E-state index in [1.807, 2.05) is 53.9 Å². The molecular formula is C24H22N6O3S2. The summed E-state index contributed by atoms with van der Waals surface area (Å²) in [5.41, 5.74) is 9.06. The maximum atomic E-state index is 12.5. The lowest BCUT2D eigenvalue weighted by molar-refractivity contribution is -0.111. The van der Waals surface area contributed by atoms with Crippen molar-refractivity contribution >= 4 is 57.3 Å². The highest BCUT2D eigenvalue weighted by atomic mass is 32.1. The van der Waals surface area contributed by atoms with Crippen LogP contribution in [0, 0.1) is 0 Å². The molecule has 0 atom stereocenters. The van der Waals surface area contributed by atoms with E-state index in [0.29, 0.717) is 32.3 Å². The molecule has 0 saturated heterocycles. The van der Waals surface area contributed by atoms with E-state index in [1.165, 1.54) is 35.8 Å². The highest BCUT2D eigenvalue weighted by Gasteiger charge is 2.16. The number of hydrogen-bond acceptors (Lipinski definition) is 8. The summed E-state index contributed by atoms with van der Waals surface area (Å²) in [4.78, 5) is 33.5. The van der Waals surface area contributed by atoms with Gasteiger partial charge in [0.15, 0.2) is 5.13 Å². The summed E-state index contributed by atoms with van der Waals surface area (Å²) in [6.45, 7) is 0. The molecule has 0 aliphatic heterocycles. The number of anilines is 3. The Kier molecular flexibility index (Phi) is 7.38. The van der Waals surface area contributed by atoms with E-state index in [2.05, 4.69) is 25.9 Å². The second kappa shape index (κ2) is 10.8. The van der Waals surface area contributed by atoms with Crippen molar-refractivity contribution < 1.29 is 14.3 Å². The lowest BCUT2D eigenvalue weighted by Crippen LogP contribution is -2.24. The van der Waals surface area contributed by atoms with Crippen LogP contribution in [-0.2, 0) is 4.79 Å². The van der Waals surface area contributed by atoms with E-state index in [-0.39, 0.29) is 11.9 Å². The molecule has 2 heterocycles. The number of urea groups is 1. The molecule has 11 heteroatoms. The van der Waals surface area contributed by atoms with Gasteiger partial charge in [0, 0.05) is 35.3 Å². The van der Waals surface area contributed by atoms with Crippen LogP contribution >= 0.6 is 22.7 Å². The first-order chi connectivity index (χ1) is 17.0. The molecule has 0 unspecified atom stereocenters. The summed E-state index contributed by atoms with van der Waals surface area (Å²) < 4.78 is 5.30. The number of thiazole rings is 2. The summed E-state index contributed by atoms with van der Waals surface area (Å²) >= 11 is 2.67. The predicted molar refractivity (Wildman–Crippen MR) is 142 cm³/mol. The van der Waals surface area contributed by atoms with Crippen LogP contribution in [0.4, 0.5) is 21.4 Å². The number of carbonyl (C=O) groups excluding carboxylic acids is 2. The normalized spacial score (nSPS) is 10.8. The lowest BCUT2D eigenvalue weighted by atomic mass is 10.1. The number of nitrogens with zero attached hydrogens (tertiary/aromatic N) is 2. The van der Waals surface area contributed by atoms with Crippen molar-refractivity contribution in [3.63, 3.8) is 0 Å². The molecule has 5 N–H and O–H groups in total. The number of methoxy groups -OCH3 is 1. The minimum Gasteiger partial charge on any atom is -0.496 e. The number of benzene rings is 2. The monoisotopic (exact) mass is 506 g/mol.